The number of hydrogen-bond donors (Lipinski definition) is 1. The van der Waals surface area contributed by atoms with E-state index in [1.165, 1.54) is 5.56 Å². The van der Waals surface area contributed by atoms with Crippen LogP contribution in [0.15, 0.2) is 24.3 Å². The van der Waals surface area contributed by atoms with E-state index in [4.69, 9.17) is 9.47 Å². The number of rotatable bonds is 4. The monoisotopic (exact) mass is 304 g/mol. The molecule has 3 rings (SSSR count). The number of nitrogens with one attached hydrogen (secondary N) is 1. The molecule has 2 fully saturated rings. The smallest absolute Gasteiger partial charge is 0.124 e. The van der Waals surface area contributed by atoms with Crippen molar-refractivity contribution >= 4 is 0 Å². The van der Waals surface area contributed by atoms with Crippen LogP contribution in [-0.2, 0) is 4.74 Å². The Balaban J connectivity index is 1.71. The molecule has 0 aliphatic carbocycles. The molecule has 0 unspecified atom stereocenters. The minimum Gasteiger partial charge on any atom is -0.491 e. The number of benzene rings is 1. The highest BCUT2D eigenvalue weighted by Crippen LogP contribution is 2.29. The molecule has 2 heterocycles. The Kier molecular flexibility index (Phi) is 5.34. The molecule has 1 N–H and O–H groups in total. The van der Waals surface area contributed by atoms with Gasteiger partial charge in [-0.2, -0.15) is 0 Å². The quantitative estimate of drug-likeness (QED) is 0.927. The molecular weight excluding hydrogens is 276 g/mol. The highest BCUT2D eigenvalue weighted by atomic mass is 16.5. The predicted octanol–water partition coefficient (Wildman–Crippen LogP) is 2.60. The fraction of sp³-hybridized carbons (Fsp3) is 0.667. The van der Waals surface area contributed by atoms with Gasteiger partial charge in [-0.25, -0.2) is 0 Å². The van der Waals surface area contributed by atoms with Gasteiger partial charge in [0.25, 0.3) is 0 Å². The molecule has 0 radical (unpaired) electrons. The van der Waals surface area contributed by atoms with E-state index in [0.717, 1.165) is 51.4 Å². The second kappa shape index (κ2) is 7.44. The van der Waals surface area contributed by atoms with E-state index in [1.807, 2.05) is 0 Å². The first kappa shape index (κ1) is 15.8. The predicted molar refractivity (Wildman–Crippen MR) is 88.4 cm³/mol. The first-order chi connectivity index (χ1) is 10.7. The zero-order valence-electron chi connectivity index (χ0n) is 13.8. The number of hydrogen-bond acceptors (Lipinski definition) is 4. The summed E-state index contributed by atoms with van der Waals surface area (Å²) in [5.74, 6) is 1.02. The summed E-state index contributed by atoms with van der Waals surface area (Å²) >= 11 is 0. The van der Waals surface area contributed by atoms with Crippen LogP contribution in [0.4, 0.5) is 0 Å². The molecule has 122 valence electrons. The Bertz CT molecular complexity index is 472. The molecule has 2 aliphatic heterocycles. The van der Waals surface area contributed by atoms with Gasteiger partial charge in [0.2, 0.25) is 0 Å². The molecule has 4 nitrogen and oxygen atoms in total. The average Bonchev–Trinajstić information content (AvgIpc) is 2.56. The Labute approximate surface area is 133 Å². The van der Waals surface area contributed by atoms with Crippen molar-refractivity contribution in [2.75, 3.05) is 32.8 Å². The van der Waals surface area contributed by atoms with E-state index in [2.05, 4.69) is 48.3 Å². The number of ether oxygens (including phenoxy) is 2. The fourth-order valence-corrected chi connectivity index (χ4v) is 3.49. The van der Waals surface area contributed by atoms with Gasteiger partial charge in [0.1, 0.15) is 5.75 Å². The molecule has 2 aliphatic rings. The fourth-order valence-electron chi connectivity index (χ4n) is 3.49. The van der Waals surface area contributed by atoms with Crippen molar-refractivity contribution < 1.29 is 9.47 Å². The molecule has 1 atom stereocenters. The molecule has 0 amide bonds. The SMILES string of the molecule is CC(C)Oc1ccccc1[C@H]1CN(C2CCOCC2)CCN1. The Morgan fingerprint density at radius 3 is 2.77 bits per heavy atom. The van der Waals surface area contributed by atoms with Gasteiger partial charge >= 0.3 is 0 Å². The minimum absolute atomic E-state index is 0.205. The van der Waals surface area contributed by atoms with Gasteiger partial charge in [-0.1, -0.05) is 18.2 Å². The standard InChI is InChI=1S/C18H28N2O2/c1-14(2)22-18-6-4-3-5-16(18)17-13-20(10-9-19-17)15-7-11-21-12-8-15/h3-6,14-15,17,19H,7-13H2,1-2H3/t17-/m1/s1. The molecular formula is C18H28N2O2. The maximum atomic E-state index is 6.00. The third kappa shape index (κ3) is 3.80. The van der Waals surface area contributed by atoms with Gasteiger partial charge in [-0.05, 0) is 32.8 Å². The summed E-state index contributed by atoms with van der Waals surface area (Å²) in [4.78, 5) is 2.63. The van der Waals surface area contributed by atoms with Crippen LogP contribution in [0.3, 0.4) is 0 Å². The largest absolute Gasteiger partial charge is 0.491 e. The van der Waals surface area contributed by atoms with Crippen LogP contribution in [0.5, 0.6) is 5.75 Å². The number of piperazine rings is 1. The maximum absolute atomic E-state index is 6.00. The third-order valence-corrected chi connectivity index (χ3v) is 4.57. The topological polar surface area (TPSA) is 33.7 Å². The Morgan fingerprint density at radius 2 is 2.00 bits per heavy atom. The molecule has 0 bridgehead atoms. The molecule has 0 spiro atoms. The van der Waals surface area contributed by atoms with E-state index in [0.29, 0.717) is 12.1 Å². The highest BCUT2D eigenvalue weighted by Gasteiger charge is 2.28. The van der Waals surface area contributed by atoms with E-state index in [1.54, 1.807) is 0 Å². The van der Waals surface area contributed by atoms with E-state index >= 15 is 0 Å². The van der Waals surface area contributed by atoms with Crippen LogP contribution in [-0.4, -0.2) is 49.9 Å². The van der Waals surface area contributed by atoms with Crippen molar-refractivity contribution in [3.63, 3.8) is 0 Å². The van der Waals surface area contributed by atoms with Crippen LogP contribution in [0.1, 0.15) is 38.3 Å². The Morgan fingerprint density at radius 1 is 1.23 bits per heavy atom. The lowest BCUT2D eigenvalue weighted by Gasteiger charge is -2.40. The van der Waals surface area contributed by atoms with Crippen molar-refractivity contribution in [1.82, 2.24) is 10.2 Å². The highest BCUT2D eigenvalue weighted by molar-refractivity contribution is 5.36. The van der Waals surface area contributed by atoms with E-state index in [-0.39, 0.29) is 6.10 Å². The summed E-state index contributed by atoms with van der Waals surface area (Å²) in [5.41, 5.74) is 1.29. The first-order valence-electron chi connectivity index (χ1n) is 8.55. The van der Waals surface area contributed by atoms with Crippen molar-refractivity contribution in [3.8, 4) is 5.75 Å². The van der Waals surface area contributed by atoms with Crippen molar-refractivity contribution in [3.05, 3.63) is 29.8 Å². The van der Waals surface area contributed by atoms with Gasteiger partial charge in [0, 0.05) is 50.5 Å². The summed E-state index contributed by atoms with van der Waals surface area (Å²) in [5, 5.41) is 3.67. The summed E-state index contributed by atoms with van der Waals surface area (Å²) in [6.45, 7) is 9.22. The van der Waals surface area contributed by atoms with E-state index < -0.39 is 0 Å². The first-order valence-corrected chi connectivity index (χ1v) is 8.55. The zero-order chi connectivity index (χ0) is 15.4. The molecule has 22 heavy (non-hydrogen) atoms. The molecule has 1 aromatic rings. The van der Waals surface area contributed by atoms with Crippen LogP contribution < -0.4 is 10.1 Å². The summed E-state index contributed by atoms with van der Waals surface area (Å²) in [6.07, 6.45) is 2.53. The second-order valence-electron chi connectivity index (χ2n) is 6.55. The van der Waals surface area contributed by atoms with Crippen LogP contribution >= 0.6 is 0 Å². The van der Waals surface area contributed by atoms with Crippen LogP contribution in [0, 0.1) is 0 Å². The van der Waals surface area contributed by atoms with Crippen molar-refractivity contribution in [2.45, 2.75) is 44.9 Å². The lowest BCUT2D eigenvalue weighted by atomic mass is 10.00. The molecule has 1 aromatic carbocycles. The summed E-state index contributed by atoms with van der Waals surface area (Å²) in [7, 11) is 0. The molecule has 0 aromatic heterocycles. The van der Waals surface area contributed by atoms with Crippen LogP contribution in [0.2, 0.25) is 0 Å². The van der Waals surface area contributed by atoms with Crippen LogP contribution in [0.25, 0.3) is 0 Å². The van der Waals surface area contributed by atoms with Gasteiger partial charge in [0.05, 0.1) is 6.10 Å². The van der Waals surface area contributed by atoms with Crippen molar-refractivity contribution in [1.29, 1.82) is 0 Å². The van der Waals surface area contributed by atoms with Gasteiger partial charge in [0.15, 0.2) is 0 Å². The normalized spacial score (nSPS) is 24.6. The summed E-state index contributed by atoms with van der Waals surface area (Å²) < 4.78 is 11.5. The van der Waals surface area contributed by atoms with Gasteiger partial charge in [-0.3, -0.25) is 4.90 Å². The molecule has 2 saturated heterocycles. The third-order valence-electron chi connectivity index (χ3n) is 4.57. The molecule has 4 heteroatoms. The summed E-state index contributed by atoms with van der Waals surface area (Å²) in [6, 6.07) is 9.48. The number of para-hydroxylation sites is 1. The lowest BCUT2D eigenvalue weighted by Crippen LogP contribution is -2.51. The van der Waals surface area contributed by atoms with Crippen molar-refractivity contribution in [2.24, 2.45) is 0 Å². The number of nitrogens with zero attached hydrogens (tertiary/aromatic N) is 1. The lowest BCUT2D eigenvalue weighted by molar-refractivity contribution is 0.0231. The molecule has 0 saturated carbocycles. The zero-order valence-corrected chi connectivity index (χ0v) is 13.8. The Hall–Kier alpha value is -1.10. The van der Waals surface area contributed by atoms with Gasteiger partial charge < -0.3 is 14.8 Å². The maximum Gasteiger partial charge on any atom is 0.124 e. The van der Waals surface area contributed by atoms with Gasteiger partial charge in [-0.15, -0.1) is 0 Å². The minimum atomic E-state index is 0.205. The average molecular weight is 304 g/mol. The second-order valence-corrected chi connectivity index (χ2v) is 6.55. The van der Waals surface area contributed by atoms with E-state index in [9.17, 15) is 0 Å².